The quantitative estimate of drug-likeness (QED) is 0.606. The minimum atomic E-state index is -0.418. The second-order valence-corrected chi connectivity index (χ2v) is 5.10. The van der Waals surface area contributed by atoms with Crippen molar-refractivity contribution >= 4 is 17.2 Å². The van der Waals surface area contributed by atoms with E-state index < -0.39 is 11.7 Å². The van der Waals surface area contributed by atoms with Crippen molar-refractivity contribution in [2.75, 3.05) is 5.32 Å². The first-order valence-electron chi connectivity index (χ1n) is 7.11. The van der Waals surface area contributed by atoms with E-state index in [4.69, 9.17) is 0 Å². The van der Waals surface area contributed by atoms with Gasteiger partial charge in [0.05, 0.1) is 0 Å². The van der Waals surface area contributed by atoms with Gasteiger partial charge in [-0.2, -0.15) is 5.10 Å². The third kappa shape index (κ3) is 2.60. The number of fused-ring (bicyclic) bond motifs is 1. The van der Waals surface area contributed by atoms with E-state index in [1.165, 1.54) is 24.5 Å². The Hall–Kier alpha value is -3.55. The lowest BCUT2D eigenvalue weighted by molar-refractivity contribution is 0.102. The molecule has 2 N–H and O–H groups in total. The van der Waals surface area contributed by atoms with Crippen LogP contribution in [0.1, 0.15) is 10.5 Å². The largest absolute Gasteiger partial charge is 0.321 e. The van der Waals surface area contributed by atoms with E-state index in [-0.39, 0.29) is 5.69 Å². The molecule has 3 heterocycles. The van der Waals surface area contributed by atoms with Crippen LogP contribution in [0.25, 0.3) is 17.0 Å². The lowest BCUT2D eigenvalue weighted by Gasteiger charge is -2.02. The second kappa shape index (κ2) is 5.58. The number of anilines is 1. The molecule has 0 atom stereocenters. The van der Waals surface area contributed by atoms with Crippen molar-refractivity contribution in [1.29, 1.82) is 0 Å². The zero-order valence-electron chi connectivity index (χ0n) is 12.3. The van der Waals surface area contributed by atoms with E-state index >= 15 is 0 Å². The van der Waals surface area contributed by atoms with E-state index in [2.05, 4.69) is 25.5 Å². The first kappa shape index (κ1) is 14.1. The number of aromatic nitrogens is 5. The molecule has 0 saturated carbocycles. The molecule has 0 bridgehead atoms. The SMILES string of the molecule is O=C(Nc1cccc(F)c1)c1cn2cc(-c3nc[nH]n3)ccc2n1. The third-order valence-corrected chi connectivity index (χ3v) is 3.44. The average molecular weight is 322 g/mol. The fourth-order valence-corrected chi connectivity index (χ4v) is 2.34. The number of hydrogen-bond donors (Lipinski definition) is 2. The molecule has 0 unspecified atom stereocenters. The van der Waals surface area contributed by atoms with Crippen LogP contribution in [0.15, 0.2) is 55.1 Å². The molecule has 0 spiro atoms. The molecule has 1 aromatic carbocycles. The number of nitrogens with one attached hydrogen (secondary N) is 2. The molecule has 0 radical (unpaired) electrons. The van der Waals surface area contributed by atoms with Crippen molar-refractivity contribution in [2.45, 2.75) is 0 Å². The maximum absolute atomic E-state index is 13.2. The van der Waals surface area contributed by atoms with Crippen LogP contribution in [0, 0.1) is 5.82 Å². The number of pyridine rings is 1. The van der Waals surface area contributed by atoms with Crippen LogP contribution in [0.2, 0.25) is 0 Å². The molecule has 0 aliphatic rings. The summed E-state index contributed by atoms with van der Waals surface area (Å²) in [6, 6.07) is 9.28. The topological polar surface area (TPSA) is 88.0 Å². The summed E-state index contributed by atoms with van der Waals surface area (Å²) in [5, 5.41) is 9.28. The first-order chi connectivity index (χ1) is 11.7. The van der Waals surface area contributed by atoms with Crippen molar-refractivity contribution in [3.63, 3.8) is 0 Å². The first-order valence-corrected chi connectivity index (χ1v) is 7.11. The molecule has 0 fully saturated rings. The van der Waals surface area contributed by atoms with E-state index in [0.717, 1.165) is 5.56 Å². The fraction of sp³-hybridized carbons (Fsp3) is 0. The van der Waals surface area contributed by atoms with Gasteiger partial charge in [-0.25, -0.2) is 14.4 Å². The molecule has 7 nitrogen and oxygen atoms in total. The van der Waals surface area contributed by atoms with Gasteiger partial charge in [0.2, 0.25) is 0 Å². The summed E-state index contributed by atoms with van der Waals surface area (Å²) in [5.74, 6) is -0.279. The van der Waals surface area contributed by atoms with Gasteiger partial charge in [0.25, 0.3) is 5.91 Å². The van der Waals surface area contributed by atoms with Gasteiger partial charge in [0, 0.05) is 23.6 Å². The van der Waals surface area contributed by atoms with E-state index in [1.807, 2.05) is 6.07 Å². The molecule has 0 aliphatic carbocycles. The Labute approximate surface area is 135 Å². The molecule has 4 aromatic rings. The fourth-order valence-electron chi connectivity index (χ4n) is 2.34. The number of halogens is 1. The predicted molar refractivity (Wildman–Crippen MR) is 84.9 cm³/mol. The third-order valence-electron chi connectivity index (χ3n) is 3.44. The van der Waals surface area contributed by atoms with Crippen LogP contribution >= 0.6 is 0 Å². The van der Waals surface area contributed by atoms with Crippen molar-refractivity contribution in [1.82, 2.24) is 24.6 Å². The number of aromatic amines is 1. The van der Waals surface area contributed by atoms with E-state index in [1.54, 1.807) is 28.9 Å². The van der Waals surface area contributed by atoms with Gasteiger partial charge >= 0.3 is 0 Å². The van der Waals surface area contributed by atoms with Crippen LogP contribution in [-0.4, -0.2) is 30.5 Å². The highest BCUT2D eigenvalue weighted by molar-refractivity contribution is 6.03. The molecule has 3 aromatic heterocycles. The summed E-state index contributed by atoms with van der Waals surface area (Å²) in [4.78, 5) is 20.6. The number of hydrogen-bond acceptors (Lipinski definition) is 4. The summed E-state index contributed by atoms with van der Waals surface area (Å²) in [7, 11) is 0. The van der Waals surface area contributed by atoms with Crippen molar-refractivity contribution in [3.05, 3.63) is 66.6 Å². The maximum atomic E-state index is 13.2. The number of carbonyl (C=O) groups is 1. The van der Waals surface area contributed by atoms with Crippen molar-refractivity contribution in [3.8, 4) is 11.4 Å². The Kier molecular flexibility index (Phi) is 3.27. The molecule has 24 heavy (non-hydrogen) atoms. The number of benzene rings is 1. The van der Waals surface area contributed by atoms with E-state index in [0.29, 0.717) is 17.2 Å². The number of rotatable bonds is 3. The maximum Gasteiger partial charge on any atom is 0.275 e. The van der Waals surface area contributed by atoms with Gasteiger partial charge < -0.3 is 9.72 Å². The Bertz CT molecular complexity index is 1020. The summed E-state index contributed by atoms with van der Waals surface area (Å²) < 4.78 is 14.9. The summed E-state index contributed by atoms with van der Waals surface area (Å²) in [5.41, 5.74) is 2.00. The number of carbonyl (C=O) groups excluding carboxylic acids is 1. The average Bonchev–Trinajstić information content (AvgIpc) is 3.23. The normalized spacial score (nSPS) is 10.9. The van der Waals surface area contributed by atoms with Gasteiger partial charge in [-0.05, 0) is 30.3 Å². The molecule has 118 valence electrons. The molecular formula is C16H11FN6O. The molecule has 0 aliphatic heterocycles. The Morgan fingerprint density at radius 3 is 2.92 bits per heavy atom. The van der Waals surface area contributed by atoms with Crippen LogP contribution < -0.4 is 5.32 Å². The highest BCUT2D eigenvalue weighted by Gasteiger charge is 2.12. The van der Waals surface area contributed by atoms with Gasteiger partial charge in [0.1, 0.15) is 23.5 Å². The number of imidazole rings is 1. The van der Waals surface area contributed by atoms with Gasteiger partial charge in [0.15, 0.2) is 5.82 Å². The smallest absolute Gasteiger partial charge is 0.275 e. The van der Waals surface area contributed by atoms with Crippen LogP contribution in [0.4, 0.5) is 10.1 Å². The predicted octanol–water partition coefficient (Wildman–Crippen LogP) is 2.51. The lowest BCUT2D eigenvalue weighted by atomic mass is 10.3. The summed E-state index contributed by atoms with van der Waals surface area (Å²) in [6.07, 6.45) is 4.87. The van der Waals surface area contributed by atoms with Crippen LogP contribution in [-0.2, 0) is 0 Å². The molecule has 8 heteroatoms. The summed E-state index contributed by atoms with van der Waals surface area (Å²) in [6.45, 7) is 0. The monoisotopic (exact) mass is 322 g/mol. The molecular weight excluding hydrogens is 311 g/mol. The molecule has 1 amide bonds. The zero-order chi connectivity index (χ0) is 16.5. The minimum absolute atomic E-state index is 0.228. The Morgan fingerprint density at radius 1 is 1.21 bits per heavy atom. The Balaban J connectivity index is 1.63. The molecule has 4 rings (SSSR count). The standard InChI is InChI=1S/C16H11FN6O/c17-11-2-1-3-12(6-11)20-16(24)13-8-23-7-10(4-5-14(23)21-13)15-18-9-19-22-15/h1-9H,(H,20,24)(H,18,19,22). The second-order valence-electron chi connectivity index (χ2n) is 5.10. The molecule has 0 saturated heterocycles. The lowest BCUT2D eigenvalue weighted by Crippen LogP contribution is -2.12. The van der Waals surface area contributed by atoms with Gasteiger partial charge in [-0.15, -0.1) is 0 Å². The Morgan fingerprint density at radius 2 is 2.12 bits per heavy atom. The van der Waals surface area contributed by atoms with Crippen LogP contribution in [0.5, 0.6) is 0 Å². The van der Waals surface area contributed by atoms with Gasteiger partial charge in [-0.3, -0.25) is 9.89 Å². The number of nitrogens with zero attached hydrogens (tertiary/aromatic N) is 4. The zero-order valence-corrected chi connectivity index (χ0v) is 12.3. The highest BCUT2D eigenvalue weighted by atomic mass is 19.1. The van der Waals surface area contributed by atoms with E-state index in [9.17, 15) is 9.18 Å². The summed E-state index contributed by atoms with van der Waals surface area (Å²) >= 11 is 0. The van der Waals surface area contributed by atoms with Crippen molar-refractivity contribution in [2.24, 2.45) is 0 Å². The number of H-pyrrole nitrogens is 1. The van der Waals surface area contributed by atoms with Crippen molar-refractivity contribution < 1.29 is 9.18 Å². The number of amides is 1. The van der Waals surface area contributed by atoms with Gasteiger partial charge in [-0.1, -0.05) is 6.07 Å². The van der Waals surface area contributed by atoms with Crippen LogP contribution in [0.3, 0.4) is 0 Å². The minimum Gasteiger partial charge on any atom is -0.321 e. The highest BCUT2D eigenvalue weighted by Crippen LogP contribution is 2.16.